The van der Waals surface area contributed by atoms with E-state index < -0.39 is 6.11 Å². The van der Waals surface area contributed by atoms with Gasteiger partial charge in [-0.2, -0.15) is 8.78 Å². The number of phenolic OH excluding ortho intramolecular Hbond substituents is 1. The fraction of sp³-hybridized carbons (Fsp3) is 0.176. The van der Waals surface area contributed by atoms with Gasteiger partial charge in [-0.05, 0) is 54.8 Å². The molecular weight excluding hydrogens is 274 g/mol. The quantitative estimate of drug-likeness (QED) is 0.878. The molecule has 0 heterocycles. The minimum atomic E-state index is -3.45. The summed E-state index contributed by atoms with van der Waals surface area (Å²) in [5.41, 5.74) is 1.49. The van der Waals surface area contributed by atoms with Crippen molar-refractivity contribution in [2.45, 2.75) is 20.0 Å². The van der Waals surface area contributed by atoms with E-state index in [1.165, 1.54) is 24.3 Å². The molecule has 1 N–H and O–H groups in total. The van der Waals surface area contributed by atoms with E-state index in [0.717, 1.165) is 5.56 Å². The molecule has 0 aliphatic heterocycles. The van der Waals surface area contributed by atoms with Crippen LogP contribution in [0, 0.1) is 13.8 Å². The summed E-state index contributed by atoms with van der Waals surface area (Å²) in [6.45, 7) is 6.84. The lowest BCUT2D eigenvalue weighted by Crippen LogP contribution is -2.21. The van der Waals surface area contributed by atoms with Crippen LogP contribution in [0.2, 0.25) is 0 Å². The highest BCUT2D eigenvalue weighted by Crippen LogP contribution is 2.34. The minimum absolute atomic E-state index is 0.0144. The lowest BCUT2D eigenvalue weighted by atomic mass is 10.1. The second-order valence-electron chi connectivity index (χ2n) is 4.85. The van der Waals surface area contributed by atoms with E-state index in [0.29, 0.717) is 11.1 Å². The van der Waals surface area contributed by atoms with Crippen molar-refractivity contribution in [3.8, 4) is 11.5 Å². The molecule has 0 aromatic heterocycles. The Labute approximate surface area is 122 Å². The van der Waals surface area contributed by atoms with Crippen LogP contribution in [0.25, 0.3) is 6.08 Å². The molecule has 2 aromatic rings. The Hall–Kier alpha value is -2.36. The van der Waals surface area contributed by atoms with Crippen LogP contribution >= 0.6 is 0 Å². The van der Waals surface area contributed by atoms with E-state index >= 15 is 0 Å². The first kappa shape index (κ1) is 15.0. The van der Waals surface area contributed by atoms with Crippen molar-refractivity contribution >= 4 is 6.08 Å². The van der Waals surface area contributed by atoms with Gasteiger partial charge in [-0.25, -0.2) is 0 Å². The summed E-state index contributed by atoms with van der Waals surface area (Å²) in [6.07, 6.45) is -1.87. The predicted octanol–water partition coefficient (Wildman–Crippen LogP) is 4.78. The second kappa shape index (κ2) is 5.56. The van der Waals surface area contributed by atoms with Crippen LogP contribution in [0.3, 0.4) is 0 Å². The van der Waals surface area contributed by atoms with Crippen molar-refractivity contribution < 1.29 is 18.6 Å². The third-order valence-corrected chi connectivity index (χ3v) is 3.19. The fourth-order valence-corrected chi connectivity index (χ4v) is 2.00. The number of hydrogen-bond acceptors (Lipinski definition) is 2. The third-order valence-electron chi connectivity index (χ3n) is 3.19. The number of benzene rings is 2. The molecule has 0 fully saturated rings. The molecule has 0 saturated heterocycles. The van der Waals surface area contributed by atoms with Crippen LogP contribution < -0.4 is 4.74 Å². The topological polar surface area (TPSA) is 29.5 Å². The maximum absolute atomic E-state index is 14.1. The fourth-order valence-electron chi connectivity index (χ4n) is 2.00. The average molecular weight is 290 g/mol. The van der Waals surface area contributed by atoms with Crippen molar-refractivity contribution in [3.05, 3.63) is 65.2 Å². The Morgan fingerprint density at radius 2 is 1.62 bits per heavy atom. The Morgan fingerprint density at radius 3 is 2.10 bits per heavy atom. The van der Waals surface area contributed by atoms with Gasteiger partial charge in [0.2, 0.25) is 0 Å². The van der Waals surface area contributed by atoms with Crippen LogP contribution in [0.1, 0.15) is 22.3 Å². The lowest BCUT2D eigenvalue weighted by molar-refractivity contribution is -0.185. The summed E-state index contributed by atoms with van der Waals surface area (Å²) >= 11 is 0. The molecule has 0 spiro atoms. The van der Waals surface area contributed by atoms with Crippen LogP contribution in [0.15, 0.2) is 43.0 Å². The van der Waals surface area contributed by atoms with Crippen LogP contribution in [-0.2, 0) is 6.11 Å². The monoisotopic (exact) mass is 290 g/mol. The number of alkyl halides is 2. The van der Waals surface area contributed by atoms with Gasteiger partial charge in [0.1, 0.15) is 11.5 Å². The first-order valence-corrected chi connectivity index (χ1v) is 6.43. The van der Waals surface area contributed by atoms with Gasteiger partial charge in [0, 0.05) is 0 Å². The van der Waals surface area contributed by atoms with E-state index in [4.69, 9.17) is 4.74 Å². The Bertz CT molecular complexity index is 638. The van der Waals surface area contributed by atoms with Gasteiger partial charge in [-0.1, -0.05) is 24.8 Å². The van der Waals surface area contributed by atoms with E-state index in [1.807, 2.05) is 0 Å². The SMILES string of the molecule is C=Cc1ccc(C(F)(F)Oc2cc(C)c(O)c(C)c2)cc1. The van der Waals surface area contributed by atoms with E-state index in [1.54, 1.807) is 32.1 Å². The van der Waals surface area contributed by atoms with Gasteiger partial charge in [-0.15, -0.1) is 0 Å². The van der Waals surface area contributed by atoms with Crippen LogP contribution in [0.4, 0.5) is 8.78 Å². The lowest BCUT2D eigenvalue weighted by Gasteiger charge is -2.19. The highest BCUT2D eigenvalue weighted by atomic mass is 19.3. The predicted molar refractivity (Wildman–Crippen MR) is 78.6 cm³/mol. The number of rotatable bonds is 4. The van der Waals surface area contributed by atoms with E-state index in [9.17, 15) is 13.9 Å². The molecule has 0 bridgehead atoms. The van der Waals surface area contributed by atoms with Crippen molar-refractivity contribution in [3.63, 3.8) is 0 Å². The van der Waals surface area contributed by atoms with E-state index in [-0.39, 0.29) is 17.1 Å². The molecular formula is C17H16F2O2. The molecule has 0 atom stereocenters. The Balaban J connectivity index is 2.29. The summed E-state index contributed by atoms with van der Waals surface area (Å²) in [6, 6.07) is 8.47. The summed E-state index contributed by atoms with van der Waals surface area (Å²) in [4.78, 5) is 0. The standard InChI is InChI=1S/C17H16F2O2/c1-4-13-5-7-14(8-6-13)17(18,19)21-15-9-11(2)16(20)12(3)10-15/h4-10,20H,1H2,2-3H3. The molecule has 2 nitrogen and oxygen atoms in total. The van der Waals surface area contributed by atoms with Gasteiger partial charge in [0.05, 0.1) is 5.56 Å². The summed E-state index contributed by atoms with van der Waals surface area (Å²) < 4.78 is 33.1. The maximum atomic E-state index is 14.1. The summed E-state index contributed by atoms with van der Waals surface area (Å²) in [7, 11) is 0. The zero-order valence-electron chi connectivity index (χ0n) is 11.9. The van der Waals surface area contributed by atoms with Crippen molar-refractivity contribution in [2.24, 2.45) is 0 Å². The molecule has 2 aromatic carbocycles. The van der Waals surface area contributed by atoms with Gasteiger partial charge < -0.3 is 9.84 Å². The van der Waals surface area contributed by atoms with Crippen molar-refractivity contribution in [1.82, 2.24) is 0 Å². The van der Waals surface area contributed by atoms with Crippen molar-refractivity contribution in [1.29, 1.82) is 0 Å². The number of aryl methyl sites for hydroxylation is 2. The molecule has 0 aliphatic rings. The van der Waals surface area contributed by atoms with Crippen LogP contribution in [-0.4, -0.2) is 5.11 Å². The van der Waals surface area contributed by atoms with Crippen LogP contribution in [0.5, 0.6) is 11.5 Å². The highest BCUT2D eigenvalue weighted by Gasteiger charge is 2.34. The smallest absolute Gasteiger partial charge is 0.426 e. The Morgan fingerprint density at radius 1 is 1.10 bits per heavy atom. The van der Waals surface area contributed by atoms with Gasteiger partial charge in [-0.3, -0.25) is 0 Å². The Kier molecular flexibility index (Phi) is 3.98. The van der Waals surface area contributed by atoms with Gasteiger partial charge in [0.25, 0.3) is 0 Å². The average Bonchev–Trinajstić information content (AvgIpc) is 2.44. The molecule has 0 radical (unpaired) electrons. The molecule has 0 unspecified atom stereocenters. The normalized spacial score (nSPS) is 11.2. The zero-order chi connectivity index (χ0) is 15.6. The van der Waals surface area contributed by atoms with Gasteiger partial charge in [0.15, 0.2) is 0 Å². The first-order chi connectivity index (χ1) is 9.83. The summed E-state index contributed by atoms with van der Waals surface area (Å²) in [5.74, 6) is 0.0987. The molecule has 0 aliphatic carbocycles. The van der Waals surface area contributed by atoms with Crippen molar-refractivity contribution in [2.75, 3.05) is 0 Å². The summed E-state index contributed by atoms with van der Waals surface area (Å²) in [5, 5.41) is 9.65. The number of ether oxygens (including phenoxy) is 1. The number of hydrogen-bond donors (Lipinski definition) is 1. The number of halogens is 2. The molecule has 0 amide bonds. The highest BCUT2D eigenvalue weighted by molar-refractivity contribution is 5.48. The minimum Gasteiger partial charge on any atom is -0.507 e. The zero-order valence-corrected chi connectivity index (χ0v) is 11.9. The van der Waals surface area contributed by atoms with Gasteiger partial charge >= 0.3 is 6.11 Å². The second-order valence-corrected chi connectivity index (χ2v) is 4.85. The molecule has 2 rings (SSSR count). The first-order valence-electron chi connectivity index (χ1n) is 6.43. The molecule has 21 heavy (non-hydrogen) atoms. The number of phenols is 1. The molecule has 110 valence electrons. The molecule has 0 saturated carbocycles. The van der Waals surface area contributed by atoms with E-state index in [2.05, 4.69) is 6.58 Å². The number of aromatic hydroxyl groups is 1. The largest absolute Gasteiger partial charge is 0.507 e. The third kappa shape index (κ3) is 3.21. The maximum Gasteiger partial charge on any atom is 0.426 e. The molecule has 4 heteroatoms.